The predicted molar refractivity (Wildman–Crippen MR) is 116 cm³/mol. The van der Waals surface area contributed by atoms with Crippen LogP contribution < -0.4 is 10.1 Å². The summed E-state index contributed by atoms with van der Waals surface area (Å²) in [5, 5.41) is 2.87. The van der Waals surface area contributed by atoms with Crippen LogP contribution in [0.15, 0.2) is 72.8 Å². The molecule has 0 radical (unpaired) electrons. The Balaban J connectivity index is 1.79. The third kappa shape index (κ3) is 4.91. The maximum Gasteiger partial charge on any atom is 0.265 e. The van der Waals surface area contributed by atoms with Gasteiger partial charge in [0.05, 0.1) is 5.69 Å². The number of para-hydroxylation sites is 1. The smallest absolute Gasteiger partial charge is 0.265 e. The van der Waals surface area contributed by atoms with Gasteiger partial charge in [0.2, 0.25) is 0 Å². The van der Waals surface area contributed by atoms with E-state index in [4.69, 9.17) is 4.74 Å². The Labute approximate surface area is 171 Å². The van der Waals surface area contributed by atoms with Crippen molar-refractivity contribution in [3.8, 4) is 5.75 Å². The predicted octanol–water partition coefficient (Wildman–Crippen LogP) is 5.33. The first-order valence-corrected chi connectivity index (χ1v) is 9.73. The molecule has 0 aliphatic carbocycles. The molecular weight excluding hydrogens is 362 g/mol. The molecule has 3 rings (SSSR count). The first kappa shape index (κ1) is 20.3. The van der Waals surface area contributed by atoms with Crippen molar-refractivity contribution in [1.29, 1.82) is 0 Å². The summed E-state index contributed by atoms with van der Waals surface area (Å²) in [5.41, 5.74) is 3.79. The minimum atomic E-state index is -0.656. The summed E-state index contributed by atoms with van der Waals surface area (Å²) in [7, 11) is 0. The molecule has 0 bridgehead atoms. The first-order valence-electron chi connectivity index (χ1n) is 9.73. The van der Waals surface area contributed by atoms with Gasteiger partial charge in [-0.1, -0.05) is 55.5 Å². The summed E-state index contributed by atoms with van der Waals surface area (Å²) < 4.78 is 5.92. The van der Waals surface area contributed by atoms with E-state index in [1.807, 2.05) is 57.2 Å². The van der Waals surface area contributed by atoms with Crippen LogP contribution in [0, 0.1) is 13.8 Å². The second-order valence-corrected chi connectivity index (χ2v) is 6.99. The first-order chi connectivity index (χ1) is 14.0. The number of rotatable bonds is 7. The maximum atomic E-state index is 12.9. The number of hydrogen-bond donors (Lipinski definition) is 1. The zero-order valence-corrected chi connectivity index (χ0v) is 16.9. The molecule has 4 heteroatoms. The summed E-state index contributed by atoms with van der Waals surface area (Å²) in [5.74, 6) is 0.243. The molecule has 0 aliphatic rings. The molecular formula is C25H25NO3. The summed E-state index contributed by atoms with van der Waals surface area (Å²) in [6.45, 7) is 5.94. The third-order valence-corrected chi connectivity index (χ3v) is 4.89. The molecule has 0 unspecified atom stereocenters. The van der Waals surface area contributed by atoms with E-state index in [0.717, 1.165) is 5.56 Å². The van der Waals surface area contributed by atoms with E-state index in [1.165, 1.54) is 5.56 Å². The highest BCUT2D eigenvalue weighted by molar-refractivity contribution is 6.14. The van der Waals surface area contributed by atoms with Gasteiger partial charge >= 0.3 is 0 Å². The van der Waals surface area contributed by atoms with Crippen LogP contribution in [0.3, 0.4) is 0 Å². The fourth-order valence-electron chi connectivity index (χ4n) is 3.02. The molecule has 0 fully saturated rings. The molecule has 148 valence electrons. The number of aryl methyl sites for hydroxylation is 2. The van der Waals surface area contributed by atoms with E-state index in [9.17, 15) is 9.59 Å². The number of nitrogens with one attached hydrogen (secondary N) is 1. The number of benzene rings is 3. The van der Waals surface area contributed by atoms with Gasteiger partial charge in [-0.25, -0.2) is 0 Å². The van der Waals surface area contributed by atoms with E-state index >= 15 is 0 Å². The number of hydrogen-bond acceptors (Lipinski definition) is 3. The topological polar surface area (TPSA) is 55.4 Å². The van der Waals surface area contributed by atoms with Gasteiger partial charge in [-0.2, -0.15) is 0 Å². The lowest BCUT2D eigenvalue weighted by Crippen LogP contribution is -2.33. The van der Waals surface area contributed by atoms with Crippen molar-refractivity contribution >= 4 is 17.4 Å². The fourth-order valence-corrected chi connectivity index (χ4v) is 3.02. The molecule has 1 amide bonds. The second-order valence-electron chi connectivity index (χ2n) is 6.99. The highest BCUT2D eigenvalue weighted by Gasteiger charge is 2.21. The number of amides is 1. The summed E-state index contributed by atoms with van der Waals surface area (Å²) in [6, 6.07) is 21.8. The SMILES string of the molecule is CC[C@H](Oc1ccc(C)c(C)c1)C(=O)Nc1ccccc1C(=O)c1ccccc1. The molecule has 0 saturated carbocycles. The van der Waals surface area contributed by atoms with Crippen LogP contribution in [-0.4, -0.2) is 17.8 Å². The van der Waals surface area contributed by atoms with Crippen LogP contribution in [0.1, 0.15) is 40.4 Å². The monoisotopic (exact) mass is 387 g/mol. The van der Waals surface area contributed by atoms with Gasteiger partial charge in [-0.15, -0.1) is 0 Å². The Morgan fingerprint density at radius 1 is 0.897 bits per heavy atom. The third-order valence-electron chi connectivity index (χ3n) is 4.89. The van der Waals surface area contributed by atoms with Crippen LogP contribution in [0.5, 0.6) is 5.75 Å². The number of anilines is 1. The van der Waals surface area contributed by atoms with E-state index in [2.05, 4.69) is 5.32 Å². The second kappa shape index (κ2) is 9.20. The molecule has 1 atom stereocenters. The number of ketones is 1. The van der Waals surface area contributed by atoms with E-state index < -0.39 is 6.10 Å². The lowest BCUT2D eigenvalue weighted by molar-refractivity contribution is -0.122. The van der Waals surface area contributed by atoms with E-state index in [1.54, 1.807) is 36.4 Å². The van der Waals surface area contributed by atoms with Crippen molar-refractivity contribution < 1.29 is 14.3 Å². The summed E-state index contributed by atoms with van der Waals surface area (Å²) in [4.78, 5) is 25.7. The van der Waals surface area contributed by atoms with Gasteiger partial charge in [0.15, 0.2) is 11.9 Å². The highest BCUT2D eigenvalue weighted by atomic mass is 16.5. The molecule has 0 aliphatic heterocycles. The largest absolute Gasteiger partial charge is 0.481 e. The van der Waals surface area contributed by atoms with Crippen LogP contribution in [0.4, 0.5) is 5.69 Å². The van der Waals surface area contributed by atoms with Gasteiger partial charge in [-0.3, -0.25) is 9.59 Å². The van der Waals surface area contributed by atoms with Crippen LogP contribution >= 0.6 is 0 Å². The van der Waals surface area contributed by atoms with Crippen LogP contribution in [0.2, 0.25) is 0 Å². The van der Waals surface area contributed by atoms with Crippen molar-refractivity contribution in [3.63, 3.8) is 0 Å². The van der Waals surface area contributed by atoms with Crippen LogP contribution in [0.25, 0.3) is 0 Å². The quantitative estimate of drug-likeness (QED) is 0.558. The Morgan fingerprint density at radius 3 is 2.28 bits per heavy atom. The van der Waals surface area contributed by atoms with Crippen molar-refractivity contribution in [1.82, 2.24) is 0 Å². The van der Waals surface area contributed by atoms with E-state index in [0.29, 0.717) is 29.0 Å². The highest BCUT2D eigenvalue weighted by Crippen LogP contribution is 2.22. The molecule has 0 spiro atoms. The molecule has 0 saturated heterocycles. The minimum absolute atomic E-state index is 0.135. The maximum absolute atomic E-state index is 12.9. The average Bonchev–Trinajstić information content (AvgIpc) is 2.75. The average molecular weight is 387 g/mol. The molecule has 29 heavy (non-hydrogen) atoms. The minimum Gasteiger partial charge on any atom is -0.481 e. The molecule has 3 aromatic carbocycles. The van der Waals surface area contributed by atoms with Gasteiger partial charge in [0, 0.05) is 11.1 Å². The van der Waals surface area contributed by atoms with Crippen molar-refractivity contribution in [2.75, 3.05) is 5.32 Å². The normalized spacial score (nSPS) is 11.6. The van der Waals surface area contributed by atoms with Gasteiger partial charge in [-0.05, 0) is 55.7 Å². The zero-order valence-electron chi connectivity index (χ0n) is 16.9. The van der Waals surface area contributed by atoms with Crippen molar-refractivity contribution in [3.05, 3.63) is 95.1 Å². The number of carbonyl (C=O) groups is 2. The lowest BCUT2D eigenvalue weighted by Gasteiger charge is -2.19. The number of carbonyl (C=O) groups excluding carboxylic acids is 2. The number of ether oxygens (including phenoxy) is 1. The lowest BCUT2D eigenvalue weighted by atomic mass is 10.0. The Hall–Kier alpha value is -3.40. The van der Waals surface area contributed by atoms with Crippen molar-refractivity contribution in [2.45, 2.75) is 33.3 Å². The molecule has 0 heterocycles. The Kier molecular flexibility index (Phi) is 6.45. The molecule has 4 nitrogen and oxygen atoms in total. The van der Waals surface area contributed by atoms with Crippen LogP contribution in [-0.2, 0) is 4.79 Å². The standard InChI is InChI=1S/C25H25NO3/c1-4-23(29-20-15-14-17(2)18(3)16-20)25(28)26-22-13-9-8-12-21(22)24(27)19-10-6-5-7-11-19/h5-16,23H,4H2,1-3H3,(H,26,28)/t23-/m0/s1. The summed E-state index contributed by atoms with van der Waals surface area (Å²) in [6.07, 6.45) is -0.148. The van der Waals surface area contributed by atoms with Crippen molar-refractivity contribution in [2.24, 2.45) is 0 Å². The molecule has 0 aromatic heterocycles. The van der Waals surface area contributed by atoms with Gasteiger partial charge < -0.3 is 10.1 Å². The molecule has 1 N–H and O–H groups in total. The summed E-state index contributed by atoms with van der Waals surface area (Å²) >= 11 is 0. The van der Waals surface area contributed by atoms with Gasteiger partial charge in [0.25, 0.3) is 5.91 Å². The zero-order chi connectivity index (χ0) is 20.8. The Bertz CT molecular complexity index is 1010. The van der Waals surface area contributed by atoms with E-state index in [-0.39, 0.29) is 11.7 Å². The molecule has 3 aromatic rings. The van der Waals surface area contributed by atoms with Gasteiger partial charge in [0.1, 0.15) is 5.75 Å². The fraction of sp³-hybridized carbons (Fsp3) is 0.200. The Morgan fingerprint density at radius 2 is 1.59 bits per heavy atom.